The van der Waals surface area contributed by atoms with Crippen molar-refractivity contribution < 1.29 is 9.80 Å². The van der Waals surface area contributed by atoms with Crippen LogP contribution in [0.3, 0.4) is 0 Å². The monoisotopic (exact) mass is 288 g/mol. The van der Waals surface area contributed by atoms with E-state index in [1.54, 1.807) is 10.5 Å². The predicted octanol–water partition coefficient (Wildman–Crippen LogP) is 0.857. The SMILES string of the molecule is Cc1ccccc1C[NH+]1CC[NH+]([C@H]2CCC[C@H](C)C2)CC1. The van der Waals surface area contributed by atoms with Crippen LogP contribution in [-0.2, 0) is 6.54 Å². The Morgan fingerprint density at radius 2 is 1.81 bits per heavy atom. The van der Waals surface area contributed by atoms with E-state index in [-0.39, 0.29) is 0 Å². The van der Waals surface area contributed by atoms with Gasteiger partial charge in [0.15, 0.2) is 0 Å². The molecule has 1 aromatic carbocycles. The maximum Gasteiger partial charge on any atom is 0.127 e. The van der Waals surface area contributed by atoms with Crippen molar-refractivity contribution in [2.75, 3.05) is 26.2 Å². The molecule has 1 saturated heterocycles. The third-order valence-electron chi connectivity index (χ3n) is 5.81. The lowest BCUT2D eigenvalue weighted by Gasteiger charge is -2.37. The summed E-state index contributed by atoms with van der Waals surface area (Å²) in [4.78, 5) is 3.70. The fourth-order valence-electron chi connectivity index (χ4n) is 4.39. The van der Waals surface area contributed by atoms with Crippen molar-refractivity contribution in [2.45, 2.75) is 52.1 Å². The Morgan fingerprint density at radius 3 is 2.52 bits per heavy atom. The molecule has 1 saturated carbocycles. The highest BCUT2D eigenvalue weighted by Gasteiger charge is 2.32. The van der Waals surface area contributed by atoms with Crippen LogP contribution < -0.4 is 9.80 Å². The normalized spacial score (nSPS) is 33.8. The first-order valence-corrected chi connectivity index (χ1v) is 8.95. The van der Waals surface area contributed by atoms with Gasteiger partial charge in [-0.2, -0.15) is 0 Å². The highest BCUT2D eigenvalue weighted by atomic mass is 15.3. The highest BCUT2D eigenvalue weighted by Crippen LogP contribution is 2.21. The van der Waals surface area contributed by atoms with Crippen LogP contribution in [0.4, 0.5) is 0 Å². The fourth-order valence-corrected chi connectivity index (χ4v) is 4.39. The van der Waals surface area contributed by atoms with Crippen molar-refractivity contribution in [1.82, 2.24) is 0 Å². The second kappa shape index (κ2) is 6.93. The van der Waals surface area contributed by atoms with Crippen molar-refractivity contribution in [1.29, 1.82) is 0 Å². The van der Waals surface area contributed by atoms with E-state index in [1.165, 1.54) is 64.0 Å². The van der Waals surface area contributed by atoms with Crippen LogP contribution in [0.25, 0.3) is 0 Å². The van der Waals surface area contributed by atoms with Crippen molar-refractivity contribution >= 4 is 0 Å². The van der Waals surface area contributed by atoms with Crippen LogP contribution in [-0.4, -0.2) is 32.2 Å². The number of piperazine rings is 1. The Bertz CT molecular complexity index is 449. The third kappa shape index (κ3) is 3.87. The van der Waals surface area contributed by atoms with Gasteiger partial charge in [0.05, 0.1) is 6.04 Å². The molecule has 3 rings (SSSR count). The number of hydrogen-bond donors (Lipinski definition) is 2. The molecule has 2 nitrogen and oxygen atoms in total. The van der Waals surface area contributed by atoms with Crippen molar-refractivity contribution in [3.63, 3.8) is 0 Å². The van der Waals surface area contributed by atoms with Gasteiger partial charge in [0.1, 0.15) is 32.7 Å². The zero-order valence-corrected chi connectivity index (χ0v) is 13.8. The van der Waals surface area contributed by atoms with Crippen LogP contribution in [0, 0.1) is 12.8 Å². The number of hydrogen-bond acceptors (Lipinski definition) is 0. The molecule has 0 radical (unpaired) electrons. The van der Waals surface area contributed by atoms with Crippen molar-refractivity contribution in [2.24, 2.45) is 5.92 Å². The molecule has 0 amide bonds. The van der Waals surface area contributed by atoms with Gasteiger partial charge in [0.2, 0.25) is 0 Å². The number of benzene rings is 1. The number of rotatable bonds is 3. The minimum Gasteiger partial charge on any atom is -0.323 e. The van der Waals surface area contributed by atoms with Crippen LogP contribution in [0.15, 0.2) is 24.3 Å². The van der Waals surface area contributed by atoms with Gasteiger partial charge in [-0.05, 0) is 31.2 Å². The van der Waals surface area contributed by atoms with E-state index in [1.807, 2.05) is 4.90 Å². The van der Waals surface area contributed by atoms with Gasteiger partial charge in [0, 0.05) is 12.0 Å². The van der Waals surface area contributed by atoms with Gasteiger partial charge >= 0.3 is 0 Å². The molecule has 2 heteroatoms. The van der Waals surface area contributed by atoms with E-state index in [4.69, 9.17) is 0 Å². The van der Waals surface area contributed by atoms with Crippen molar-refractivity contribution in [3.8, 4) is 0 Å². The maximum absolute atomic E-state index is 2.45. The topological polar surface area (TPSA) is 8.88 Å². The first-order chi connectivity index (χ1) is 10.2. The Kier molecular flexibility index (Phi) is 4.97. The summed E-state index contributed by atoms with van der Waals surface area (Å²) in [6, 6.07) is 9.87. The lowest BCUT2D eigenvalue weighted by Crippen LogP contribution is -3.29. The molecule has 116 valence electrons. The zero-order valence-electron chi connectivity index (χ0n) is 13.8. The molecular weight excluding hydrogens is 256 g/mol. The highest BCUT2D eigenvalue weighted by molar-refractivity contribution is 5.24. The maximum atomic E-state index is 2.45. The van der Waals surface area contributed by atoms with E-state index in [0.29, 0.717) is 0 Å². The molecule has 2 aliphatic rings. The molecule has 1 aliphatic carbocycles. The molecule has 21 heavy (non-hydrogen) atoms. The summed E-state index contributed by atoms with van der Waals surface area (Å²) in [5.41, 5.74) is 3.00. The van der Waals surface area contributed by atoms with Gasteiger partial charge in [-0.1, -0.05) is 37.6 Å². The number of nitrogens with one attached hydrogen (secondary N) is 2. The van der Waals surface area contributed by atoms with Gasteiger partial charge in [-0.15, -0.1) is 0 Å². The Balaban J connectivity index is 1.50. The average molecular weight is 288 g/mol. The summed E-state index contributed by atoms with van der Waals surface area (Å²) < 4.78 is 0. The lowest BCUT2D eigenvalue weighted by molar-refractivity contribution is -1.03. The minimum absolute atomic E-state index is 0.966. The smallest absolute Gasteiger partial charge is 0.127 e. The summed E-state index contributed by atoms with van der Waals surface area (Å²) in [5.74, 6) is 0.966. The second-order valence-corrected chi connectivity index (χ2v) is 7.48. The summed E-state index contributed by atoms with van der Waals surface area (Å²) in [6.07, 6.45) is 5.89. The van der Waals surface area contributed by atoms with Crippen LogP contribution in [0.2, 0.25) is 0 Å². The molecule has 1 heterocycles. The summed E-state index contributed by atoms with van der Waals surface area (Å²) in [7, 11) is 0. The van der Waals surface area contributed by atoms with Gasteiger partial charge in [-0.25, -0.2) is 0 Å². The average Bonchev–Trinajstić information content (AvgIpc) is 2.50. The zero-order chi connectivity index (χ0) is 14.7. The van der Waals surface area contributed by atoms with E-state index < -0.39 is 0 Å². The lowest BCUT2D eigenvalue weighted by atomic mass is 9.86. The largest absolute Gasteiger partial charge is 0.323 e. The van der Waals surface area contributed by atoms with Gasteiger partial charge < -0.3 is 9.80 Å². The van der Waals surface area contributed by atoms with Crippen LogP contribution >= 0.6 is 0 Å². The fraction of sp³-hybridized carbons (Fsp3) is 0.684. The van der Waals surface area contributed by atoms with Gasteiger partial charge in [0.25, 0.3) is 0 Å². The minimum atomic E-state index is 0.966. The van der Waals surface area contributed by atoms with E-state index in [2.05, 4.69) is 38.1 Å². The summed E-state index contributed by atoms with van der Waals surface area (Å²) >= 11 is 0. The number of quaternary nitrogens is 2. The first kappa shape index (κ1) is 15.1. The second-order valence-electron chi connectivity index (χ2n) is 7.48. The molecule has 2 atom stereocenters. The Labute approximate surface area is 130 Å². The van der Waals surface area contributed by atoms with Gasteiger partial charge in [-0.3, -0.25) is 0 Å². The molecule has 0 spiro atoms. The van der Waals surface area contributed by atoms with E-state index in [0.717, 1.165) is 12.0 Å². The van der Waals surface area contributed by atoms with Crippen LogP contribution in [0.5, 0.6) is 0 Å². The number of aryl methyl sites for hydroxylation is 1. The quantitative estimate of drug-likeness (QED) is 0.816. The summed E-state index contributed by atoms with van der Waals surface area (Å²) in [5, 5.41) is 0. The Morgan fingerprint density at radius 1 is 1.05 bits per heavy atom. The summed E-state index contributed by atoms with van der Waals surface area (Å²) in [6.45, 7) is 11.4. The third-order valence-corrected chi connectivity index (χ3v) is 5.81. The van der Waals surface area contributed by atoms with E-state index in [9.17, 15) is 0 Å². The van der Waals surface area contributed by atoms with Crippen LogP contribution in [0.1, 0.15) is 43.7 Å². The molecular formula is C19H32N2+2. The molecule has 2 fully saturated rings. The molecule has 0 unspecified atom stereocenters. The Hall–Kier alpha value is -0.860. The molecule has 2 N–H and O–H groups in total. The van der Waals surface area contributed by atoms with Crippen molar-refractivity contribution in [3.05, 3.63) is 35.4 Å². The first-order valence-electron chi connectivity index (χ1n) is 8.95. The molecule has 0 bridgehead atoms. The predicted molar refractivity (Wildman–Crippen MR) is 87.7 cm³/mol. The molecule has 0 aromatic heterocycles. The van der Waals surface area contributed by atoms with E-state index >= 15 is 0 Å². The molecule has 1 aliphatic heterocycles. The molecule has 1 aromatic rings. The standard InChI is InChI=1S/C19H30N2/c1-16-6-5-9-19(14-16)21-12-10-20(11-13-21)15-18-8-4-3-7-17(18)2/h3-4,7-8,16,19H,5-6,9-15H2,1-2H3/p+2/t16-,19-/m0/s1.